The SMILES string of the molecule is CCC/C(C)=C/[C@@H](C)OS(=O)(=O)C(F)(F)F. The zero-order valence-electron chi connectivity index (χ0n) is 9.34. The predicted octanol–water partition coefficient (Wildman–Crippen LogP) is 2.99. The lowest BCUT2D eigenvalue weighted by Crippen LogP contribution is -2.28. The Morgan fingerprint density at radius 1 is 1.44 bits per heavy atom. The molecule has 0 aliphatic heterocycles. The number of rotatable bonds is 5. The zero-order chi connectivity index (χ0) is 13.0. The average molecular weight is 260 g/mol. The van der Waals surface area contributed by atoms with Gasteiger partial charge in [0.2, 0.25) is 0 Å². The smallest absolute Gasteiger partial charge is 0.256 e. The Morgan fingerprint density at radius 3 is 2.31 bits per heavy atom. The molecule has 0 aliphatic carbocycles. The third-order valence-electron chi connectivity index (χ3n) is 1.73. The molecule has 0 rings (SSSR count). The largest absolute Gasteiger partial charge is 0.523 e. The summed E-state index contributed by atoms with van der Waals surface area (Å²) in [6.07, 6.45) is 1.78. The zero-order valence-corrected chi connectivity index (χ0v) is 10.2. The van der Waals surface area contributed by atoms with E-state index in [9.17, 15) is 21.6 Å². The fourth-order valence-corrected chi connectivity index (χ4v) is 1.72. The Labute approximate surface area is 93.4 Å². The van der Waals surface area contributed by atoms with Crippen molar-refractivity contribution in [2.45, 2.75) is 45.2 Å². The second-order valence-corrected chi connectivity index (χ2v) is 5.03. The van der Waals surface area contributed by atoms with E-state index < -0.39 is 21.7 Å². The van der Waals surface area contributed by atoms with E-state index in [1.807, 2.05) is 6.92 Å². The fraction of sp³-hybridized carbons (Fsp3) is 0.778. The molecule has 7 heteroatoms. The maximum absolute atomic E-state index is 11.9. The Kier molecular flexibility index (Phi) is 5.48. The van der Waals surface area contributed by atoms with Crippen LogP contribution >= 0.6 is 0 Å². The maximum Gasteiger partial charge on any atom is 0.523 e. The van der Waals surface area contributed by atoms with Gasteiger partial charge in [-0.1, -0.05) is 25.0 Å². The van der Waals surface area contributed by atoms with Crippen molar-refractivity contribution in [3.05, 3.63) is 11.6 Å². The van der Waals surface area contributed by atoms with Gasteiger partial charge in [0, 0.05) is 0 Å². The van der Waals surface area contributed by atoms with E-state index >= 15 is 0 Å². The summed E-state index contributed by atoms with van der Waals surface area (Å²) >= 11 is 0. The monoisotopic (exact) mass is 260 g/mol. The predicted molar refractivity (Wildman–Crippen MR) is 54.2 cm³/mol. The Balaban J connectivity index is 4.59. The summed E-state index contributed by atoms with van der Waals surface area (Å²) in [5.41, 5.74) is -4.57. The normalized spacial score (nSPS) is 16.2. The van der Waals surface area contributed by atoms with Gasteiger partial charge in [0.1, 0.15) is 0 Å². The molecule has 0 amide bonds. The molecule has 0 heterocycles. The summed E-state index contributed by atoms with van der Waals surface area (Å²) in [5.74, 6) is 0. The van der Waals surface area contributed by atoms with Crippen LogP contribution in [0.25, 0.3) is 0 Å². The topological polar surface area (TPSA) is 43.4 Å². The lowest BCUT2D eigenvalue weighted by Gasteiger charge is -2.12. The lowest BCUT2D eigenvalue weighted by molar-refractivity contribution is -0.0555. The molecule has 96 valence electrons. The molecule has 0 aromatic carbocycles. The van der Waals surface area contributed by atoms with Crippen LogP contribution in [0.5, 0.6) is 0 Å². The standard InChI is InChI=1S/C9H15F3O3S/c1-4-5-7(2)6-8(3)15-16(13,14)9(10,11)12/h6,8H,4-5H2,1-3H3/b7-6+/t8-/m1/s1. The molecule has 1 atom stereocenters. The molecule has 0 saturated heterocycles. The summed E-state index contributed by atoms with van der Waals surface area (Å²) in [4.78, 5) is 0. The maximum atomic E-state index is 11.9. The summed E-state index contributed by atoms with van der Waals surface area (Å²) in [7, 11) is -5.50. The molecular formula is C9H15F3O3S. The van der Waals surface area contributed by atoms with E-state index in [0.29, 0.717) is 6.42 Å². The molecule has 0 aromatic heterocycles. The second kappa shape index (κ2) is 5.67. The number of hydrogen-bond acceptors (Lipinski definition) is 3. The number of allylic oxidation sites excluding steroid dienone is 1. The van der Waals surface area contributed by atoms with Gasteiger partial charge >= 0.3 is 15.6 Å². The van der Waals surface area contributed by atoms with Crippen molar-refractivity contribution in [1.82, 2.24) is 0 Å². The Bertz CT molecular complexity index is 344. The molecule has 0 aromatic rings. The van der Waals surface area contributed by atoms with Crippen LogP contribution < -0.4 is 0 Å². The van der Waals surface area contributed by atoms with Crippen LogP contribution in [-0.4, -0.2) is 20.0 Å². The van der Waals surface area contributed by atoms with Gasteiger partial charge in [0.25, 0.3) is 0 Å². The van der Waals surface area contributed by atoms with Crippen LogP contribution in [0.3, 0.4) is 0 Å². The van der Waals surface area contributed by atoms with Gasteiger partial charge < -0.3 is 0 Å². The highest BCUT2D eigenvalue weighted by molar-refractivity contribution is 7.87. The molecule has 0 radical (unpaired) electrons. The summed E-state index contributed by atoms with van der Waals surface area (Å²) in [6.45, 7) is 4.88. The van der Waals surface area contributed by atoms with Gasteiger partial charge in [-0.25, -0.2) is 0 Å². The summed E-state index contributed by atoms with van der Waals surface area (Å²) < 4.78 is 61.1. The van der Waals surface area contributed by atoms with Crippen LogP contribution in [-0.2, 0) is 14.3 Å². The van der Waals surface area contributed by atoms with Crippen molar-refractivity contribution in [2.24, 2.45) is 0 Å². The van der Waals surface area contributed by atoms with Crippen molar-refractivity contribution < 1.29 is 25.8 Å². The first-order valence-corrected chi connectivity index (χ1v) is 6.18. The highest BCUT2D eigenvalue weighted by Gasteiger charge is 2.47. The van der Waals surface area contributed by atoms with Crippen molar-refractivity contribution in [3.8, 4) is 0 Å². The molecule has 16 heavy (non-hydrogen) atoms. The van der Waals surface area contributed by atoms with Gasteiger partial charge in [-0.2, -0.15) is 21.6 Å². The first-order chi connectivity index (χ1) is 7.10. The molecule has 0 unspecified atom stereocenters. The number of halogens is 3. The van der Waals surface area contributed by atoms with Crippen molar-refractivity contribution in [1.29, 1.82) is 0 Å². The number of alkyl halides is 3. The third-order valence-corrected chi connectivity index (χ3v) is 2.85. The van der Waals surface area contributed by atoms with E-state index in [-0.39, 0.29) is 0 Å². The number of hydrogen-bond donors (Lipinski definition) is 0. The van der Waals surface area contributed by atoms with E-state index in [0.717, 1.165) is 12.0 Å². The quantitative estimate of drug-likeness (QED) is 0.433. The van der Waals surface area contributed by atoms with Crippen LogP contribution in [0.15, 0.2) is 11.6 Å². The average Bonchev–Trinajstić information content (AvgIpc) is 1.99. The third kappa shape index (κ3) is 4.98. The first kappa shape index (κ1) is 15.4. The minimum absolute atomic E-state index is 0.694. The molecule has 0 aliphatic rings. The lowest BCUT2D eigenvalue weighted by atomic mass is 10.1. The van der Waals surface area contributed by atoms with Crippen molar-refractivity contribution >= 4 is 10.1 Å². The Morgan fingerprint density at radius 2 is 1.94 bits per heavy atom. The van der Waals surface area contributed by atoms with Crippen LogP contribution in [0.2, 0.25) is 0 Å². The highest BCUT2D eigenvalue weighted by atomic mass is 32.2. The van der Waals surface area contributed by atoms with E-state index in [1.54, 1.807) is 6.92 Å². The molecule has 0 bridgehead atoms. The van der Waals surface area contributed by atoms with Crippen molar-refractivity contribution in [3.63, 3.8) is 0 Å². The second-order valence-electron chi connectivity index (χ2n) is 3.46. The summed E-state index contributed by atoms with van der Waals surface area (Å²) in [5, 5.41) is 0. The van der Waals surface area contributed by atoms with E-state index in [4.69, 9.17) is 0 Å². The van der Waals surface area contributed by atoms with Gasteiger partial charge in [-0.15, -0.1) is 0 Å². The van der Waals surface area contributed by atoms with Crippen molar-refractivity contribution in [2.75, 3.05) is 0 Å². The van der Waals surface area contributed by atoms with Crippen LogP contribution in [0.4, 0.5) is 13.2 Å². The first-order valence-electron chi connectivity index (χ1n) is 4.77. The molecule has 3 nitrogen and oxygen atoms in total. The molecule has 0 fully saturated rings. The van der Waals surface area contributed by atoms with Crippen LogP contribution in [0, 0.1) is 0 Å². The van der Waals surface area contributed by atoms with E-state index in [2.05, 4.69) is 4.18 Å². The van der Waals surface area contributed by atoms with Gasteiger partial charge in [0.15, 0.2) is 0 Å². The fourth-order valence-electron chi connectivity index (χ4n) is 1.16. The highest BCUT2D eigenvalue weighted by Crippen LogP contribution is 2.26. The minimum atomic E-state index is -5.50. The van der Waals surface area contributed by atoms with Gasteiger partial charge in [-0.3, -0.25) is 4.18 Å². The van der Waals surface area contributed by atoms with E-state index in [1.165, 1.54) is 13.0 Å². The van der Waals surface area contributed by atoms with Crippen LogP contribution in [0.1, 0.15) is 33.6 Å². The molecule has 0 saturated carbocycles. The molecule has 0 spiro atoms. The summed E-state index contributed by atoms with van der Waals surface area (Å²) in [6, 6.07) is 0. The van der Waals surface area contributed by atoms with Gasteiger partial charge in [0.05, 0.1) is 6.10 Å². The van der Waals surface area contributed by atoms with Gasteiger partial charge in [-0.05, 0) is 20.3 Å². The molecule has 0 N–H and O–H groups in total. The minimum Gasteiger partial charge on any atom is -0.256 e. The molecular weight excluding hydrogens is 245 g/mol. The Hall–Kier alpha value is -0.560.